The van der Waals surface area contributed by atoms with E-state index >= 15 is 0 Å². The number of rotatable bonds is 5. The molecule has 4 bridgehead atoms. The largest absolute Gasteiger partial charge is 0.492 e. The van der Waals surface area contributed by atoms with Crippen molar-refractivity contribution in [3.05, 3.63) is 29.8 Å². The van der Waals surface area contributed by atoms with Gasteiger partial charge < -0.3 is 9.47 Å². The predicted molar refractivity (Wildman–Crippen MR) is 140 cm³/mol. The smallest absolute Gasteiger partial charge is 0.210 e. The zero-order valence-corrected chi connectivity index (χ0v) is 21.8. The van der Waals surface area contributed by atoms with Crippen LogP contribution in [0.2, 0.25) is 0 Å². The Hall–Kier alpha value is -0.920. The average Bonchev–Trinajstić information content (AvgIpc) is 3.23. The second kappa shape index (κ2) is 9.13. The summed E-state index contributed by atoms with van der Waals surface area (Å²) in [6.07, 6.45) is 10.7. The molecule has 192 valence electrons. The summed E-state index contributed by atoms with van der Waals surface area (Å²) in [5.74, 6) is 9.93. The Kier molecular flexibility index (Phi) is 6.05. The summed E-state index contributed by atoms with van der Waals surface area (Å²) >= 11 is 0. The minimum Gasteiger partial charge on any atom is -0.492 e. The quantitative estimate of drug-likeness (QED) is 0.391. The van der Waals surface area contributed by atoms with Crippen LogP contribution in [0.3, 0.4) is 0 Å². The van der Waals surface area contributed by atoms with Gasteiger partial charge in [-0.05, 0) is 80.4 Å². The highest BCUT2D eigenvalue weighted by atomic mass is 32.2. The van der Waals surface area contributed by atoms with Crippen molar-refractivity contribution < 1.29 is 19.2 Å². The molecule has 5 nitrogen and oxygen atoms in total. The van der Waals surface area contributed by atoms with Crippen molar-refractivity contribution in [3.63, 3.8) is 0 Å². The van der Waals surface area contributed by atoms with Gasteiger partial charge in [0.2, 0.25) is 11.6 Å². The molecule has 2 aliphatic heterocycles. The Morgan fingerprint density at radius 2 is 1.69 bits per heavy atom. The molecule has 0 aromatic heterocycles. The Labute approximate surface area is 212 Å². The van der Waals surface area contributed by atoms with Crippen molar-refractivity contribution in [1.82, 2.24) is 4.90 Å². The second-order valence-corrected chi connectivity index (χ2v) is 14.3. The van der Waals surface area contributed by atoms with Crippen LogP contribution in [0.15, 0.2) is 24.3 Å². The zero-order chi connectivity index (χ0) is 23.5. The standard InChI is InChI=1S/C29H41NO4S/c1-35-13-10-30(11-14-35)9-12-31-27-6-4-23(5-7-27)24-3-2-8-28(20-24)32-29(34-33-28)25-16-21-15-22(18-25)19-26(29)17-21/h4-7,21-22,24-26H,1-3,8-20H2/t21?,22?,24?,25?,26?,28-,29?/m1/s1. The lowest BCUT2D eigenvalue weighted by atomic mass is 9.53. The monoisotopic (exact) mass is 499 g/mol. The zero-order valence-electron chi connectivity index (χ0n) is 21.0. The molecule has 1 aromatic carbocycles. The highest BCUT2D eigenvalue weighted by Crippen LogP contribution is 2.64. The molecular weight excluding hydrogens is 458 g/mol. The van der Waals surface area contributed by atoms with E-state index in [1.165, 1.54) is 55.6 Å². The van der Waals surface area contributed by atoms with Crippen LogP contribution < -0.4 is 4.74 Å². The molecule has 8 rings (SSSR count). The third-order valence-corrected chi connectivity index (χ3v) is 11.6. The van der Waals surface area contributed by atoms with Gasteiger partial charge in [0, 0.05) is 55.8 Å². The van der Waals surface area contributed by atoms with Crippen LogP contribution in [-0.2, 0) is 14.5 Å². The molecule has 0 amide bonds. The Bertz CT molecular complexity index is 913. The molecule has 7 fully saturated rings. The number of nitrogens with zero attached hydrogens (tertiary/aromatic N) is 1. The van der Waals surface area contributed by atoms with Crippen LogP contribution in [0.5, 0.6) is 5.75 Å². The minimum atomic E-state index is -0.560. The van der Waals surface area contributed by atoms with E-state index in [0.717, 1.165) is 63.1 Å². The van der Waals surface area contributed by atoms with Gasteiger partial charge in [0.25, 0.3) is 0 Å². The number of benzene rings is 1. The van der Waals surface area contributed by atoms with E-state index in [4.69, 9.17) is 19.2 Å². The normalized spacial score (nSPS) is 43.4. The molecule has 2 spiro atoms. The number of hydrogen-bond donors (Lipinski definition) is 0. The van der Waals surface area contributed by atoms with E-state index in [1.807, 2.05) is 0 Å². The second-order valence-electron chi connectivity index (χ2n) is 12.3. The van der Waals surface area contributed by atoms with Gasteiger partial charge in [-0.15, -0.1) is 0 Å². The molecule has 1 aromatic rings. The molecular formula is C29H41NO4S. The molecule has 5 saturated carbocycles. The summed E-state index contributed by atoms with van der Waals surface area (Å²) in [6.45, 7) is 4.08. The fourth-order valence-electron chi connectivity index (χ4n) is 8.34. The fourth-order valence-corrected chi connectivity index (χ4v) is 9.58. The average molecular weight is 500 g/mol. The van der Waals surface area contributed by atoms with Crippen molar-refractivity contribution in [1.29, 1.82) is 0 Å². The van der Waals surface area contributed by atoms with Crippen molar-refractivity contribution in [3.8, 4) is 5.75 Å². The van der Waals surface area contributed by atoms with Gasteiger partial charge in [-0.3, -0.25) is 4.90 Å². The highest BCUT2D eigenvalue weighted by Gasteiger charge is 2.67. The maximum absolute atomic E-state index is 6.97. The Balaban J connectivity index is 0.966. The van der Waals surface area contributed by atoms with Gasteiger partial charge in [0.1, 0.15) is 12.4 Å². The summed E-state index contributed by atoms with van der Waals surface area (Å²) in [7, 11) is 0.376. The number of hydrogen-bond acceptors (Lipinski definition) is 5. The Morgan fingerprint density at radius 1 is 0.971 bits per heavy atom. The topological polar surface area (TPSA) is 40.2 Å². The van der Waals surface area contributed by atoms with E-state index in [-0.39, 0.29) is 0 Å². The van der Waals surface area contributed by atoms with Crippen LogP contribution in [0.25, 0.3) is 0 Å². The van der Waals surface area contributed by atoms with Gasteiger partial charge >= 0.3 is 0 Å². The maximum atomic E-state index is 6.97. The van der Waals surface area contributed by atoms with Crippen LogP contribution in [0.1, 0.15) is 69.3 Å². The van der Waals surface area contributed by atoms with Gasteiger partial charge in [-0.1, -0.05) is 18.0 Å². The van der Waals surface area contributed by atoms with Gasteiger partial charge in [-0.25, -0.2) is 0 Å². The van der Waals surface area contributed by atoms with E-state index < -0.39 is 11.6 Å². The molecule has 7 aliphatic rings. The molecule has 0 N–H and O–H groups in total. The first-order valence-corrected chi connectivity index (χ1v) is 15.8. The lowest BCUT2D eigenvalue weighted by molar-refractivity contribution is -0.390. The summed E-state index contributed by atoms with van der Waals surface area (Å²) < 4.78 is 13.0. The summed E-state index contributed by atoms with van der Waals surface area (Å²) in [4.78, 5) is 15.0. The molecule has 5 aliphatic carbocycles. The maximum Gasteiger partial charge on any atom is 0.210 e. The van der Waals surface area contributed by atoms with Crippen LogP contribution in [0, 0.1) is 23.7 Å². The van der Waals surface area contributed by atoms with Crippen molar-refractivity contribution >= 4 is 16.4 Å². The molecule has 35 heavy (non-hydrogen) atoms. The fraction of sp³-hybridized carbons (Fsp3) is 0.759. The third kappa shape index (κ3) is 4.31. The lowest BCUT2D eigenvalue weighted by Crippen LogP contribution is -2.59. The SMILES string of the molecule is C=S1CCN(CCOc2ccc(C3CCC[C@]4(C3)OOC3(O4)C4CC5CC(C4)CC3C5)cc2)CC1. The van der Waals surface area contributed by atoms with Crippen LogP contribution >= 0.6 is 10.5 Å². The molecule has 2 saturated heterocycles. The van der Waals surface area contributed by atoms with E-state index in [1.54, 1.807) is 0 Å². The van der Waals surface area contributed by atoms with Crippen LogP contribution in [-0.4, -0.2) is 60.1 Å². The molecule has 0 radical (unpaired) electrons. The lowest BCUT2D eigenvalue weighted by Gasteiger charge is -2.57. The predicted octanol–water partition coefficient (Wildman–Crippen LogP) is 5.57. The summed E-state index contributed by atoms with van der Waals surface area (Å²) in [5, 5.41) is 0. The van der Waals surface area contributed by atoms with Gasteiger partial charge in [0.15, 0.2) is 0 Å². The van der Waals surface area contributed by atoms with Crippen molar-refractivity contribution in [2.24, 2.45) is 23.7 Å². The van der Waals surface area contributed by atoms with Crippen molar-refractivity contribution in [2.75, 3.05) is 37.7 Å². The van der Waals surface area contributed by atoms with E-state index in [2.05, 4.69) is 35.0 Å². The molecule has 1 unspecified atom stereocenters. The van der Waals surface area contributed by atoms with Crippen LogP contribution in [0.4, 0.5) is 0 Å². The first kappa shape index (κ1) is 23.2. The molecule has 2 atom stereocenters. The highest BCUT2D eigenvalue weighted by molar-refractivity contribution is 8.14. The summed E-state index contributed by atoms with van der Waals surface area (Å²) in [5.41, 5.74) is 1.37. The summed E-state index contributed by atoms with van der Waals surface area (Å²) in [6, 6.07) is 8.80. The van der Waals surface area contributed by atoms with Gasteiger partial charge in [-0.2, -0.15) is 20.3 Å². The minimum absolute atomic E-state index is 0.376. The van der Waals surface area contributed by atoms with Gasteiger partial charge in [0.05, 0.1) is 0 Å². The first-order valence-electron chi connectivity index (χ1n) is 14.1. The molecule has 6 heteroatoms. The van der Waals surface area contributed by atoms with E-state index in [9.17, 15) is 0 Å². The molecule has 2 heterocycles. The van der Waals surface area contributed by atoms with Crippen molar-refractivity contribution in [2.45, 2.75) is 75.3 Å². The van der Waals surface area contributed by atoms with E-state index in [0.29, 0.717) is 28.2 Å². The first-order chi connectivity index (χ1) is 17.1. The number of ether oxygens (including phenoxy) is 2. The Morgan fingerprint density at radius 3 is 2.40 bits per heavy atom. The third-order valence-electron chi connectivity index (χ3n) is 10.0.